The van der Waals surface area contributed by atoms with Gasteiger partial charge in [-0.15, -0.1) is 11.3 Å². The van der Waals surface area contributed by atoms with Crippen LogP contribution in [0.15, 0.2) is 11.4 Å². The van der Waals surface area contributed by atoms with E-state index in [0.29, 0.717) is 24.3 Å². The Kier molecular flexibility index (Phi) is 6.52. The number of carbonyl (C=O) groups excluding carboxylic acids is 1. The van der Waals surface area contributed by atoms with Gasteiger partial charge in [0.25, 0.3) is 5.91 Å². The van der Waals surface area contributed by atoms with E-state index in [4.69, 9.17) is 9.84 Å². The molecule has 0 radical (unpaired) electrons. The third-order valence-electron chi connectivity index (χ3n) is 2.78. The Hall–Kier alpha value is -1.40. The second-order valence-electron chi connectivity index (χ2n) is 4.13. The molecule has 5 nitrogen and oxygen atoms in total. The molecule has 1 aromatic rings. The molecule has 1 heterocycles. The zero-order chi connectivity index (χ0) is 14.3. The van der Waals surface area contributed by atoms with E-state index < -0.39 is 12.0 Å². The molecular formula is C13H19NO4S. The molecule has 1 amide bonds. The van der Waals surface area contributed by atoms with Crippen molar-refractivity contribution in [3.05, 3.63) is 21.9 Å². The van der Waals surface area contributed by atoms with Crippen molar-refractivity contribution < 1.29 is 19.4 Å². The van der Waals surface area contributed by atoms with Gasteiger partial charge < -0.3 is 15.2 Å². The highest BCUT2D eigenvalue weighted by atomic mass is 32.1. The van der Waals surface area contributed by atoms with Gasteiger partial charge in [0.15, 0.2) is 0 Å². The first-order valence-electron chi connectivity index (χ1n) is 6.19. The molecule has 0 aromatic carbocycles. The van der Waals surface area contributed by atoms with Crippen LogP contribution in [-0.2, 0) is 16.0 Å². The Bertz CT molecular complexity index is 430. The number of thiophene rings is 1. The Labute approximate surface area is 116 Å². The molecule has 0 spiro atoms. The summed E-state index contributed by atoms with van der Waals surface area (Å²) >= 11 is 1.33. The molecule has 2 N–H and O–H groups in total. The number of ether oxygens (including phenoxy) is 1. The number of rotatable bonds is 8. The first-order chi connectivity index (χ1) is 9.10. The lowest BCUT2D eigenvalue weighted by Gasteiger charge is -2.14. The fourth-order valence-corrected chi connectivity index (χ4v) is 2.62. The van der Waals surface area contributed by atoms with Crippen LogP contribution in [0.5, 0.6) is 0 Å². The van der Waals surface area contributed by atoms with Crippen LogP contribution < -0.4 is 5.32 Å². The van der Waals surface area contributed by atoms with Gasteiger partial charge in [0, 0.05) is 13.7 Å². The highest BCUT2D eigenvalue weighted by Gasteiger charge is 2.21. The maximum atomic E-state index is 12.0. The number of carboxylic acid groups (broad SMARTS) is 1. The summed E-state index contributed by atoms with van der Waals surface area (Å²) in [5.41, 5.74) is 0.948. The minimum absolute atomic E-state index is 0.309. The molecule has 0 aliphatic carbocycles. The van der Waals surface area contributed by atoms with Crippen molar-refractivity contribution in [2.24, 2.45) is 0 Å². The number of hydrogen-bond donors (Lipinski definition) is 2. The van der Waals surface area contributed by atoms with Crippen molar-refractivity contribution >= 4 is 23.2 Å². The Morgan fingerprint density at radius 2 is 2.26 bits per heavy atom. The Morgan fingerprint density at radius 1 is 1.53 bits per heavy atom. The molecular weight excluding hydrogens is 266 g/mol. The summed E-state index contributed by atoms with van der Waals surface area (Å²) in [4.78, 5) is 23.7. The van der Waals surface area contributed by atoms with Gasteiger partial charge in [0.05, 0.1) is 4.88 Å². The maximum absolute atomic E-state index is 12.0. The maximum Gasteiger partial charge on any atom is 0.326 e. The number of methoxy groups -OCH3 is 1. The van der Waals surface area contributed by atoms with E-state index in [1.165, 1.54) is 11.3 Å². The third kappa shape index (κ3) is 4.65. The van der Waals surface area contributed by atoms with Crippen LogP contribution in [0, 0.1) is 0 Å². The van der Waals surface area contributed by atoms with Crippen molar-refractivity contribution in [1.82, 2.24) is 5.32 Å². The van der Waals surface area contributed by atoms with E-state index in [1.54, 1.807) is 7.11 Å². The summed E-state index contributed by atoms with van der Waals surface area (Å²) in [6.45, 7) is 2.45. The summed E-state index contributed by atoms with van der Waals surface area (Å²) in [5, 5.41) is 13.5. The van der Waals surface area contributed by atoms with Crippen molar-refractivity contribution in [2.75, 3.05) is 13.7 Å². The minimum atomic E-state index is -1.01. The van der Waals surface area contributed by atoms with Gasteiger partial charge >= 0.3 is 5.97 Å². The molecule has 1 rings (SSSR count). The molecule has 0 aliphatic rings. The highest BCUT2D eigenvalue weighted by Crippen LogP contribution is 2.17. The van der Waals surface area contributed by atoms with Gasteiger partial charge in [-0.3, -0.25) is 4.79 Å². The van der Waals surface area contributed by atoms with E-state index in [1.807, 2.05) is 18.4 Å². The fraction of sp³-hybridized carbons (Fsp3) is 0.538. The highest BCUT2D eigenvalue weighted by molar-refractivity contribution is 7.12. The molecule has 0 bridgehead atoms. The van der Waals surface area contributed by atoms with Crippen molar-refractivity contribution in [2.45, 2.75) is 32.2 Å². The number of nitrogens with one attached hydrogen (secondary N) is 1. The van der Waals surface area contributed by atoms with Crippen LogP contribution in [0.4, 0.5) is 0 Å². The number of amides is 1. The van der Waals surface area contributed by atoms with E-state index in [-0.39, 0.29) is 5.91 Å². The van der Waals surface area contributed by atoms with Crippen LogP contribution in [-0.4, -0.2) is 36.7 Å². The predicted molar refractivity (Wildman–Crippen MR) is 73.7 cm³/mol. The lowest BCUT2D eigenvalue weighted by Crippen LogP contribution is -2.40. The van der Waals surface area contributed by atoms with Crippen LogP contribution in [0.25, 0.3) is 0 Å². The average Bonchev–Trinajstić information content (AvgIpc) is 2.85. The van der Waals surface area contributed by atoms with Gasteiger partial charge in [-0.2, -0.15) is 0 Å². The Morgan fingerprint density at radius 3 is 2.84 bits per heavy atom. The lowest BCUT2D eigenvalue weighted by molar-refractivity contribution is -0.139. The standard InChI is InChI=1S/C13H19NO4S/c1-3-9-6-8-19-11(9)12(15)14-10(13(16)17)5-4-7-18-2/h6,8,10H,3-5,7H2,1-2H3,(H,14,15)(H,16,17). The van der Waals surface area contributed by atoms with Crippen LogP contribution in [0.1, 0.15) is 35.0 Å². The summed E-state index contributed by atoms with van der Waals surface area (Å²) in [7, 11) is 1.56. The molecule has 0 fully saturated rings. The SMILES string of the molecule is CCc1ccsc1C(=O)NC(CCCOC)C(=O)O. The number of aryl methyl sites for hydroxylation is 1. The van der Waals surface area contributed by atoms with E-state index in [0.717, 1.165) is 12.0 Å². The first-order valence-corrected chi connectivity index (χ1v) is 7.07. The van der Waals surface area contributed by atoms with Gasteiger partial charge in [0.2, 0.25) is 0 Å². The summed E-state index contributed by atoms with van der Waals surface area (Å²) < 4.78 is 4.88. The second kappa shape index (κ2) is 7.91. The average molecular weight is 285 g/mol. The van der Waals surface area contributed by atoms with Crippen molar-refractivity contribution in [3.63, 3.8) is 0 Å². The Balaban J connectivity index is 2.63. The first kappa shape index (κ1) is 15.7. The molecule has 6 heteroatoms. The van der Waals surface area contributed by atoms with Crippen LogP contribution in [0.3, 0.4) is 0 Å². The number of carboxylic acids is 1. The topological polar surface area (TPSA) is 75.6 Å². The van der Waals surface area contributed by atoms with Crippen molar-refractivity contribution in [1.29, 1.82) is 0 Å². The number of hydrogen-bond acceptors (Lipinski definition) is 4. The summed E-state index contributed by atoms with van der Waals surface area (Å²) in [6, 6.07) is 1.02. The normalized spacial score (nSPS) is 12.1. The molecule has 19 heavy (non-hydrogen) atoms. The predicted octanol–water partition coefficient (Wildman–Crippen LogP) is 1.92. The van der Waals surface area contributed by atoms with Crippen LogP contribution >= 0.6 is 11.3 Å². The lowest BCUT2D eigenvalue weighted by atomic mass is 10.1. The van der Waals surface area contributed by atoms with E-state index in [9.17, 15) is 9.59 Å². The molecule has 0 saturated carbocycles. The van der Waals surface area contributed by atoms with Gasteiger partial charge in [-0.1, -0.05) is 6.92 Å². The van der Waals surface area contributed by atoms with E-state index in [2.05, 4.69) is 5.32 Å². The molecule has 0 saturated heterocycles. The van der Waals surface area contributed by atoms with Gasteiger partial charge in [-0.25, -0.2) is 4.79 Å². The number of aliphatic carboxylic acids is 1. The zero-order valence-electron chi connectivity index (χ0n) is 11.1. The zero-order valence-corrected chi connectivity index (χ0v) is 12.0. The van der Waals surface area contributed by atoms with Gasteiger partial charge in [0.1, 0.15) is 6.04 Å². The second-order valence-corrected chi connectivity index (χ2v) is 5.04. The third-order valence-corrected chi connectivity index (χ3v) is 3.73. The van der Waals surface area contributed by atoms with E-state index >= 15 is 0 Å². The van der Waals surface area contributed by atoms with Crippen molar-refractivity contribution in [3.8, 4) is 0 Å². The minimum Gasteiger partial charge on any atom is -0.480 e. The molecule has 1 atom stereocenters. The molecule has 0 aliphatic heterocycles. The number of carbonyl (C=O) groups is 2. The molecule has 1 aromatic heterocycles. The quantitative estimate of drug-likeness (QED) is 0.716. The van der Waals surface area contributed by atoms with Crippen LogP contribution in [0.2, 0.25) is 0 Å². The fourth-order valence-electron chi connectivity index (χ4n) is 1.73. The largest absolute Gasteiger partial charge is 0.480 e. The molecule has 1 unspecified atom stereocenters. The monoisotopic (exact) mass is 285 g/mol. The molecule has 106 valence electrons. The van der Waals surface area contributed by atoms with Gasteiger partial charge in [-0.05, 0) is 36.3 Å². The summed E-state index contributed by atoms with van der Waals surface area (Å²) in [5.74, 6) is -1.32. The summed E-state index contributed by atoms with van der Waals surface area (Å²) in [6.07, 6.45) is 1.72. The smallest absolute Gasteiger partial charge is 0.326 e.